The van der Waals surface area contributed by atoms with E-state index in [1.165, 1.54) is 6.07 Å². The highest BCUT2D eigenvalue weighted by molar-refractivity contribution is 6.30. The minimum absolute atomic E-state index is 0.0846. The molecular formula is C9H5ClF4O. The van der Waals surface area contributed by atoms with E-state index in [1.54, 1.807) is 0 Å². The van der Waals surface area contributed by atoms with Gasteiger partial charge in [-0.15, -0.1) is 0 Å². The van der Waals surface area contributed by atoms with Crippen molar-refractivity contribution in [2.24, 2.45) is 0 Å². The second-order valence-electron chi connectivity index (χ2n) is 2.83. The second-order valence-corrected chi connectivity index (χ2v) is 3.27. The Balaban J connectivity index is 2.90. The SMILES string of the molecule is O=C(Cc1cc(Cl)ccc1F)C(F)(F)F. The summed E-state index contributed by atoms with van der Waals surface area (Å²) in [5.74, 6) is -2.87. The minimum Gasteiger partial charge on any atom is -0.289 e. The molecule has 1 nitrogen and oxygen atoms in total. The number of carbonyl (C=O) groups is 1. The lowest BCUT2D eigenvalue weighted by molar-refractivity contribution is -0.170. The van der Waals surface area contributed by atoms with E-state index in [9.17, 15) is 22.4 Å². The first-order valence-corrected chi connectivity index (χ1v) is 4.22. The molecule has 6 heteroatoms. The van der Waals surface area contributed by atoms with Gasteiger partial charge in [-0.2, -0.15) is 13.2 Å². The molecule has 1 aromatic carbocycles. The smallest absolute Gasteiger partial charge is 0.289 e. The number of halogens is 5. The largest absolute Gasteiger partial charge is 0.450 e. The first-order chi connectivity index (χ1) is 6.80. The Bertz CT molecular complexity index is 386. The maximum absolute atomic E-state index is 12.9. The Morgan fingerprint density at radius 3 is 2.47 bits per heavy atom. The van der Waals surface area contributed by atoms with Gasteiger partial charge >= 0.3 is 6.18 Å². The van der Waals surface area contributed by atoms with Crippen LogP contribution in [-0.2, 0) is 11.2 Å². The van der Waals surface area contributed by atoms with Gasteiger partial charge in [-0.25, -0.2) is 4.39 Å². The Morgan fingerprint density at radius 1 is 1.33 bits per heavy atom. The molecule has 0 aliphatic carbocycles. The zero-order chi connectivity index (χ0) is 11.6. The fourth-order valence-electron chi connectivity index (χ4n) is 0.952. The molecule has 0 amide bonds. The van der Waals surface area contributed by atoms with Crippen LogP contribution in [0.2, 0.25) is 5.02 Å². The van der Waals surface area contributed by atoms with Gasteiger partial charge in [0.05, 0.1) is 0 Å². The van der Waals surface area contributed by atoms with Crippen molar-refractivity contribution in [1.29, 1.82) is 0 Å². The van der Waals surface area contributed by atoms with Gasteiger partial charge in [0.15, 0.2) is 0 Å². The molecular weight excluding hydrogens is 236 g/mol. The van der Waals surface area contributed by atoms with E-state index in [2.05, 4.69) is 0 Å². The average Bonchev–Trinajstić information content (AvgIpc) is 2.09. The van der Waals surface area contributed by atoms with Crippen molar-refractivity contribution >= 4 is 17.4 Å². The van der Waals surface area contributed by atoms with Gasteiger partial charge in [0.25, 0.3) is 0 Å². The van der Waals surface area contributed by atoms with Crippen LogP contribution in [0.4, 0.5) is 17.6 Å². The summed E-state index contributed by atoms with van der Waals surface area (Å²) in [6.07, 6.45) is -5.98. The Morgan fingerprint density at radius 2 is 1.93 bits per heavy atom. The van der Waals surface area contributed by atoms with Crippen molar-refractivity contribution < 1.29 is 22.4 Å². The van der Waals surface area contributed by atoms with Crippen molar-refractivity contribution in [3.05, 3.63) is 34.6 Å². The molecule has 0 unspecified atom stereocenters. The van der Waals surface area contributed by atoms with Gasteiger partial charge in [0.2, 0.25) is 5.78 Å². The zero-order valence-electron chi connectivity index (χ0n) is 7.24. The number of ketones is 1. The molecule has 0 fully saturated rings. The zero-order valence-corrected chi connectivity index (χ0v) is 7.99. The third-order valence-corrected chi connectivity index (χ3v) is 1.91. The lowest BCUT2D eigenvalue weighted by atomic mass is 10.1. The Hall–Kier alpha value is -1.10. The molecule has 0 heterocycles. The number of benzene rings is 1. The van der Waals surface area contributed by atoms with Crippen LogP contribution >= 0.6 is 11.6 Å². The lowest BCUT2D eigenvalue weighted by Crippen LogP contribution is -2.24. The fourth-order valence-corrected chi connectivity index (χ4v) is 1.15. The van der Waals surface area contributed by atoms with Crippen molar-refractivity contribution in [3.8, 4) is 0 Å². The molecule has 0 bridgehead atoms. The molecule has 15 heavy (non-hydrogen) atoms. The summed E-state index contributed by atoms with van der Waals surface area (Å²) in [5, 5.41) is 0.0846. The Kier molecular flexibility index (Phi) is 3.34. The van der Waals surface area contributed by atoms with Crippen LogP contribution in [0.1, 0.15) is 5.56 Å². The summed E-state index contributed by atoms with van der Waals surface area (Å²) in [5.41, 5.74) is -0.357. The van der Waals surface area contributed by atoms with E-state index in [-0.39, 0.29) is 10.6 Å². The van der Waals surface area contributed by atoms with Crippen molar-refractivity contribution in [2.75, 3.05) is 0 Å². The summed E-state index contributed by atoms with van der Waals surface area (Å²) in [6, 6.07) is 3.11. The molecule has 1 rings (SSSR count). The summed E-state index contributed by atoms with van der Waals surface area (Å²) >= 11 is 5.46. The minimum atomic E-state index is -4.95. The normalized spacial score (nSPS) is 11.5. The van der Waals surface area contributed by atoms with Gasteiger partial charge in [0, 0.05) is 11.4 Å². The average molecular weight is 241 g/mol. The molecule has 0 saturated heterocycles. The molecule has 82 valence electrons. The van der Waals surface area contributed by atoms with E-state index in [1.807, 2.05) is 0 Å². The van der Waals surface area contributed by atoms with Crippen molar-refractivity contribution in [2.45, 2.75) is 12.6 Å². The predicted octanol–water partition coefficient (Wildman–Crippen LogP) is 3.15. The molecule has 0 atom stereocenters. The van der Waals surface area contributed by atoms with Gasteiger partial charge in [-0.1, -0.05) is 11.6 Å². The van der Waals surface area contributed by atoms with E-state index >= 15 is 0 Å². The summed E-state index contributed by atoms with van der Waals surface area (Å²) in [7, 11) is 0. The van der Waals surface area contributed by atoms with Gasteiger partial charge in [0.1, 0.15) is 5.82 Å². The van der Waals surface area contributed by atoms with E-state index in [0.29, 0.717) is 0 Å². The van der Waals surface area contributed by atoms with Gasteiger partial charge in [-0.05, 0) is 23.8 Å². The van der Waals surface area contributed by atoms with Crippen molar-refractivity contribution in [1.82, 2.24) is 0 Å². The van der Waals surface area contributed by atoms with Crippen LogP contribution in [0, 0.1) is 5.82 Å². The number of carbonyl (C=O) groups excluding carboxylic acids is 1. The monoisotopic (exact) mass is 240 g/mol. The molecule has 0 aliphatic heterocycles. The summed E-state index contributed by atoms with van der Waals surface area (Å²) < 4.78 is 48.5. The van der Waals surface area contributed by atoms with Crippen LogP contribution in [0.3, 0.4) is 0 Å². The Labute approximate surface area is 87.7 Å². The van der Waals surface area contributed by atoms with Gasteiger partial charge < -0.3 is 0 Å². The molecule has 1 aromatic rings. The molecule has 0 N–H and O–H groups in total. The number of Topliss-reactive ketones (excluding diaryl/α,β-unsaturated/α-hetero) is 1. The third kappa shape index (κ3) is 3.20. The number of alkyl halides is 3. The van der Waals surface area contributed by atoms with Crippen LogP contribution in [0.15, 0.2) is 18.2 Å². The summed E-state index contributed by atoms with van der Waals surface area (Å²) in [6.45, 7) is 0. The van der Waals surface area contributed by atoms with Gasteiger partial charge in [-0.3, -0.25) is 4.79 Å². The number of hydrogen-bond donors (Lipinski definition) is 0. The molecule has 0 saturated carbocycles. The number of hydrogen-bond acceptors (Lipinski definition) is 1. The van der Waals surface area contributed by atoms with Crippen LogP contribution < -0.4 is 0 Å². The van der Waals surface area contributed by atoms with Crippen LogP contribution in [-0.4, -0.2) is 12.0 Å². The summed E-state index contributed by atoms with van der Waals surface area (Å²) in [4.78, 5) is 10.6. The predicted molar refractivity (Wildman–Crippen MR) is 46.2 cm³/mol. The highest BCUT2D eigenvalue weighted by Gasteiger charge is 2.38. The molecule has 0 aliphatic rings. The molecule has 0 radical (unpaired) electrons. The van der Waals surface area contributed by atoms with E-state index in [4.69, 9.17) is 11.6 Å². The maximum atomic E-state index is 12.9. The standard InChI is InChI=1S/C9H5ClF4O/c10-6-1-2-7(11)5(3-6)4-8(15)9(12,13)14/h1-3H,4H2. The van der Waals surface area contributed by atoms with E-state index in [0.717, 1.165) is 12.1 Å². The topological polar surface area (TPSA) is 17.1 Å². The highest BCUT2D eigenvalue weighted by Crippen LogP contribution is 2.21. The fraction of sp³-hybridized carbons (Fsp3) is 0.222. The maximum Gasteiger partial charge on any atom is 0.450 e. The molecule has 0 aromatic heterocycles. The molecule has 0 spiro atoms. The first-order valence-electron chi connectivity index (χ1n) is 3.84. The van der Waals surface area contributed by atoms with Crippen LogP contribution in [0.5, 0.6) is 0 Å². The lowest BCUT2D eigenvalue weighted by Gasteiger charge is -2.06. The highest BCUT2D eigenvalue weighted by atomic mass is 35.5. The van der Waals surface area contributed by atoms with Crippen LogP contribution in [0.25, 0.3) is 0 Å². The quantitative estimate of drug-likeness (QED) is 0.726. The first kappa shape index (κ1) is 12.0. The van der Waals surface area contributed by atoms with Crippen molar-refractivity contribution in [3.63, 3.8) is 0 Å². The second kappa shape index (κ2) is 4.18. The third-order valence-electron chi connectivity index (χ3n) is 1.67. The number of rotatable bonds is 2. The van der Waals surface area contributed by atoms with E-state index < -0.39 is 24.2 Å².